The van der Waals surface area contributed by atoms with Gasteiger partial charge in [0, 0.05) is 12.8 Å². The molecule has 0 spiro atoms. The molecule has 1 aromatic carbocycles. The van der Waals surface area contributed by atoms with Crippen molar-refractivity contribution in [2.24, 2.45) is 11.8 Å². The molecule has 5 heteroatoms. The SMILES string of the molecule is CC=CC=C(C)C(C)C(c1ccc(Cl)c(F)c1)N(C(C)=O)C(CO)C1CC1. The summed E-state index contributed by atoms with van der Waals surface area (Å²) in [5.74, 6) is -0.382. The first kappa shape index (κ1) is 21.6. The number of hydrogen-bond acceptors (Lipinski definition) is 2. The van der Waals surface area contributed by atoms with Crippen LogP contribution in [-0.4, -0.2) is 28.6 Å². The van der Waals surface area contributed by atoms with Crippen LogP contribution in [-0.2, 0) is 4.79 Å². The van der Waals surface area contributed by atoms with Gasteiger partial charge in [0.2, 0.25) is 5.91 Å². The van der Waals surface area contributed by atoms with Gasteiger partial charge in [0.25, 0.3) is 0 Å². The van der Waals surface area contributed by atoms with Crippen LogP contribution in [0.2, 0.25) is 5.02 Å². The molecule has 27 heavy (non-hydrogen) atoms. The monoisotopic (exact) mass is 393 g/mol. The molecule has 1 aliphatic rings. The third-order valence-electron chi connectivity index (χ3n) is 5.40. The van der Waals surface area contributed by atoms with E-state index in [2.05, 4.69) is 0 Å². The number of nitrogens with zero attached hydrogens (tertiary/aromatic N) is 1. The molecule has 1 fully saturated rings. The van der Waals surface area contributed by atoms with Gasteiger partial charge in [0.1, 0.15) is 5.82 Å². The smallest absolute Gasteiger partial charge is 0.220 e. The molecule has 1 aromatic rings. The summed E-state index contributed by atoms with van der Waals surface area (Å²) in [4.78, 5) is 14.4. The van der Waals surface area contributed by atoms with Gasteiger partial charge in [-0.15, -0.1) is 0 Å². The summed E-state index contributed by atoms with van der Waals surface area (Å²) in [5, 5.41) is 10.1. The van der Waals surface area contributed by atoms with E-state index in [0.29, 0.717) is 11.5 Å². The van der Waals surface area contributed by atoms with Crippen LogP contribution in [0.4, 0.5) is 4.39 Å². The Labute approximate surface area is 166 Å². The quantitative estimate of drug-likeness (QED) is 0.609. The van der Waals surface area contributed by atoms with E-state index in [1.165, 1.54) is 19.1 Å². The molecule has 0 saturated heterocycles. The highest BCUT2D eigenvalue weighted by molar-refractivity contribution is 6.30. The summed E-state index contributed by atoms with van der Waals surface area (Å²) < 4.78 is 14.2. The number of benzene rings is 1. The molecule has 2 rings (SSSR count). The van der Waals surface area contributed by atoms with E-state index in [0.717, 1.165) is 18.4 Å². The highest BCUT2D eigenvalue weighted by Crippen LogP contribution is 2.42. The van der Waals surface area contributed by atoms with Crippen LogP contribution in [0.3, 0.4) is 0 Å². The summed E-state index contributed by atoms with van der Waals surface area (Å²) >= 11 is 5.87. The average molecular weight is 394 g/mol. The number of halogens is 2. The molecule has 3 atom stereocenters. The van der Waals surface area contributed by atoms with Crippen molar-refractivity contribution in [2.45, 2.75) is 52.6 Å². The molecule has 0 bridgehead atoms. The summed E-state index contributed by atoms with van der Waals surface area (Å²) in [5.41, 5.74) is 1.76. The molecule has 0 heterocycles. The number of amides is 1. The molecular weight excluding hydrogens is 365 g/mol. The Bertz CT molecular complexity index is 727. The van der Waals surface area contributed by atoms with Crippen molar-refractivity contribution >= 4 is 17.5 Å². The lowest BCUT2D eigenvalue weighted by molar-refractivity contribution is -0.137. The van der Waals surface area contributed by atoms with E-state index in [9.17, 15) is 14.3 Å². The van der Waals surface area contributed by atoms with Crippen LogP contribution < -0.4 is 0 Å². The standard InChI is InChI=1S/C22H29ClFNO2/c1-5-6-7-14(2)15(3)22(18-10-11-19(23)20(24)12-18)25(16(4)27)21(13-26)17-8-9-17/h5-7,10-12,15,17,21-22,26H,8-9,13H2,1-4H3. The van der Waals surface area contributed by atoms with Gasteiger partial charge in [0.15, 0.2) is 0 Å². The van der Waals surface area contributed by atoms with E-state index < -0.39 is 5.82 Å². The van der Waals surface area contributed by atoms with Crippen LogP contribution in [0.15, 0.2) is 42.0 Å². The molecule has 1 saturated carbocycles. The van der Waals surface area contributed by atoms with Crippen LogP contribution in [0.25, 0.3) is 0 Å². The number of allylic oxidation sites excluding steroid dienone is 3. The normalized spacial score (nSPS) is 18.4. The minimum atomic E-state index is -0.503. The maximum absolute atomic E-state index is 14.2. The fraction of sp³-hybridized carbons (Fsp3) is 0.500. The lowest BCUT2D eigenvalue weighted by Crippen LogP contribution is -2.47. The van der Waals surface area contributed by atoms with Gasteiger partial charge in [0.05, 0.1) is 23.7 Å². The van der Waals surface area contributed by atoms with Gasteiger partial charge in [-0.3, -0.25) is 4.79 Å². The maximum atomic E-state index is 14.2. The molecule has 0 aromatic heterocycles. The van der Waals surface area contributed by atoms with Gasteiger partial charge < -0.3 is 10.0 Å². The van der Waals surface area contributed by atoms with Gasteiger partial charge >= 0.3 is 0 Å². The van der Waals surface area contributed by atoms with Crippen molar-refractivity contribution in [3.63, 3.8) is 0 Å². The Morgan fingerprint density at radius 1 is 1.41 bits per heavy atom. The molecule has 0 aliphatic heterocycles. The molecule has 0 radical (unpaired) electrons. The van der Waals surface area contributed by atoms with Gasteiger partial charge in [-0.1, -0.05) is 48.4 Å². The second-order valence-electron chi connectivity index (χ2n) is 7.36. The Hall–Kier alpha value is -1.65. The predicted molar refractivity (Wildman–Crippen MR) is 108 cm³/mol. The minimum Gasteiger partial charge on any atom is -0.394 e. The van der Waals surface area contributed by atoms with Crippen LogP contribution in [0.1, 0.15) is 52.1 Å². The first-order valence-corrected chi connectivity index (χ1v) is 9.83. The zero-order valence-corrected chi connectivity index (χ0v) is 17.2. The number of carbonyl (C=O) groups excluding carboxylic acids is 1. The van der Waals surface area contributed by atoms with Crippen LogP contribution >= 0.6 is 11.6 Å². The Balaban J connectivity index is 2.55. The first-order valence-electron chi connectivity index (χ1n) is 9.46. The Morgan fingerprint density at radius 2 is 2.07 bits per heavy atom. The molecule has 1 amide bonds. The van der Waals surface area contributed by atoms with E-state index in [1.807, 2.05) is 39.0 Å². The first-order chi connectivity index (χ1) is 12.8. The lowest BCUT2D eigenvalue weighted by atomic mass is 9.86. The average Bonchev–Trinajstić information content (AvgIpc) is 3.46. The number of carbonyl (C=O) groups is 1. The van der Waals surface area contributed by atoms with E-state index in [-0.39, 0.29) is 35.5 Å². The molecule has 148 valence electrons. The van der Waals surface area contributed by atoms with Gasteiger partial charge in [-0.2, -0.15) is 0 Å². The van der Waals surface area contributed by atoms with Crippen molar-refractivity contribution in [2.75, 3.05) is 6.61 Å². The van der Waals surface area contributed by atoms with Crippen molar-refractivity contribution in [3.8, 4) is 0 Å². The fourth-order valence-corrected chi connectivity index (χ4v) is 3.73. The second-order valence-corrected chi connectivity index (χ2v) is 7.76. The summed E-state index contributed by atoms with van der Waals surface area (Å²) in [7, 11) is 0. The van der Waals surface area contributed by atoms with Crippen LogP contribution in [0.5, 0.6) is 0 Å². The van der Waals surface area contributed by atoms with Crippen molar-refractivity contribution in [1.29, 1.82) is 0 Å². The number of rotatable bonds is 8. The predicted octanol–water partition coefficient (Wildman–Crippen LogP) is 5.30. The Morgan fingerprint density at radius 3 is 2.56 bits per heavy atom. The summed E-state index contributed by atoms with van der Waals surface area (Å²) in [6.07, 6.45) is 7.90. The molecule has 3 unspecified atom stereocenters. The highest BCUT2D eigenvalue weighted by Gasteiger charge is 2.41. The maximum Gasteiger partial charge on any atom is 0.220 e. The molecular formula is C22H29ClFNO2. The fourth-order valence-electron chi connectivity index (χ4n) is 3.62. The zero-order valence-electron chi connectivity index (χ0n) is 16.5. The zero-order chi connectivity index (χ0) is 20.1. The Kier molecular flexibility index (Phi) is 7.63. The highest BCUT2D eigenvalue weighted by atomic mass is 35.5. The van der Waals surface area contributed by atoms with Crippen molar-refractivity contribution in [3.05, 3.63) is 58.4 Å². The van der Waals surface area contributed by atoms with E-state index >= 15 is 0 Å². The number of aliphatic hydroxyl groups is 1. The topological polar surface area (TPSA) is 40.5 Å². The third kappa shape index (κ3) is 5.20. The van der Waals surface area contributed by atoms with Gasteiger partial charge in [-0.05, 0) is 50.3 Å². The van der Waals surface area contributed by atoms with E-state index in [1.54, 1.807) is 11.0 Å². The largest absolute Gasteiger partial charge is 0.394 e. The summed E-state index contributed by atoms with van der Waals surface area (Å²) in [6, 6.07) is 4.06. The van der Waals surface area contributed by atoms with Crippen LogP contribution in [0, 0.1) is 17.7 Å². The lowest BCUT2D eigenvalue weighted by Gasteiger charge is -2.41. The summed E-state index contributed by atoms with van der Waals surface area (Å²) in [6.45, 7) is 7.40. The second kappa shape index (κ2) is 9.52. The number of hydrogen-bond donors (Lipinski definition) is 1. The third-order valence-corrected chi connectivity index (χ3v) is 5.71. The van der Waals surface area contributed by atoms with Gasteiger partial charge in [-0.25, -0.2) is 4.39 Å². The minimum absolute atomic E-state index is 0.0570. The van der Waals surface area contributed by atoms with Crippen molar-refractivity contribution in [1.82, 2.24) is 4.90 Å². The van der Waals surface area contributed by atoms with Crippen molar-refractivity contribution < 1.29 is 14.3 Å². The molecule has 1 N–H and O–H groups in total. The van der Waals surface area contributed by atoms with E-state index in [4.69, 9.17) is 11.6 Å². The number of aliphatic hydroxyl groups excluding tert-OH is 1. The molecule has 3 nitrogen and oxygen atoms in total. The molecule has 1 aliphatic carbocycles.